The van der Waals surface area contributed by atoms with Gasteiger partial charge in [0.25, 0.3) is 0 Å². The van der Waals surface area contributed by atoms with Gasteiger partial charge in [0.1, 0.15) is 11.2 Å². The largest absolute Gasteiger partial charge is 4.00 e. The molecule has 8 bridgehead atoms. The minimum atomic E-state index is -1.67. The molecular weight excluding hydrogens is 600 g/mol. The number of ether oxygens (including phenoxy) is 1. The zero-order valence-electron chi connectivity index (χ0n) is 25.1. The van der Waals surface area contributed by atoms with Crippen LogP contribution in [0.1, 0.15) is 69.0 Å². The van der Waals surface area contributed by atoms with Gasteiger partial charge in [0.15, 0.2) is 0 Å². The van der Waals surface area contributed by atoms with Gasteiger partial charge in [-0.05, 0) is 38.7 Å². The zero-order chi connectivity index (χ0) is 30.8. The molecule has 6 rings (SSSR count). The first-order valence-corrected chi connectivity index (χ1v) is 14.4. The van der Waals surface area contributed by atoms with E-state index in [1.807, 2.05) is 39.0 Å². The van der Waals surface area contributed by atoms with Crippen LogP contribution in [0.3, 0.4) is 0 Å². The molecule has 0 aromatic carbocycles. The number of allylic oxidation sites excluding steroid dienone is 4. The summed E-state index contributed by atoms with van der Waals surface area (Å²) < 4.78 is 5.90. The third-order valence-electron chi connectivity index (χ3n) is 9.36. The number of carboxylic acid groups (broad SMARTS) is 1. The van der Waals surface area contributed by atoms with E-state index in [9.17, 15) is 19.8 Å². The van der Waals surface area contributed by atoms with Crippen molar-refractivity contribution in [3.63, 3.8) is 0 Å². The van der Waals surface area contributed by atoms with Crippen LogP contribution in [-0.4, -0.2) is 33.4 Å². The average Bonchev–Trinajstić information content (AvgIpc) is 3.69. The summed E-state index contributed by atoms with van der Waals surface area (Å²) in [6.07, 6.45) is 11.5. The van der Waals surface area contributed by atoms with E-state index in [1.54, 1.807) is 25.2 Å². The molecule has 228 valence electrons. The maximum atomic E-state index is 12.5. The first-order valence-electron chi connectivity index (χ1n) is 14.4. The smallest absolute Gasteiger partial charge is 0.661 e. The fourth-order valence-electron chi connectivity index (χ4n) is 6.68. The van der Waals surface area contributed by atoms with Gasteiger partial charge < -0.3 is 35.9 Å². The van der Waals surface area contributed by atoms with Crippen LogP contribution in [0.25, 0.3) is 34.2 Å². The van der Waals surface area contributed by atoms with Crippen molar-refractivity contribution >= 4 is 30.2 Å². The van der Waals surface area contributed by atoms with Gasteiger partial charge in [-0.15, -0.1) is 46.5 Å². The van der Waals surface area contributed by atoms with Crippen molar-refractivity contribution < 1.29 is 41.6 Å². The number of rotatable bonds is 5. The van der Waals surface area contributed by atoms with Gasteiger partial charge in [-0.25, -0.2) is 0 Å². The molecule has 2 N–H and O–H groups in total. The van der Waals surface area contributed by atoms with Gasteiger partial charge in [0, 0.05) is 25.2 Å². The summed E-state index contributed by atoms with van der Waals surface area (Å²) in [6.45, 7) is 15.6. The standard InChI is InChI=1S/C34H34N4O5.Fe/c1-7-20-17(3)23-13-24-19(5)22(9-10-31(39)40)28(37-24)16-30-34(12-11-32(41)43-34)33(6,42)29(38-30)15-27-21(8-2)18(4)25(36-27)14-26(20)35-23;/h7-8,13-16,19-20,42H,1-2,9-12H2,3-6H3,(H,39,40);/q-4;+4/b24-13-,26-14-,29-15-,30-16-;. The van der Waals surface area contributed by atoms with E-state index >= 15 is 0 Å². The number of aromatic nitrogens is 1. The number of carbonyl (C=O) groups excluding carboxylic acids is 1. The Morgan fingerprint density at radius 2 is 1.80 bits per heavy atom. The van der Waals surface area contributed by atoms with Gasteiger partial charge >= 0.3 is 29.0 Å². The van der Waals surface area contributed by atoms with E-state index in [0.29, 0.717) is 22.8 Å². The first kappa shape index (κ1) is 31.4. The Hall–Kier alpha value is -3.98. The monoisotopic (exact) mass is 634 g/mol. The van der Waals surface area contributed by atoms with Gasteiger partial charge in [-0.2, -0.15) is 5.70 Å². The molecule has 44 heavy (non-hydrogen) atoms. The molecule has 0 saturated carbocycles. The van der Waals surface area contributed by atoms with Crippen molar-refractivity contribution in [2.24, 2.45) is 11.8 Å². The number of hydrogen-bond acceptors (Lipinski definition) is 4. The molecular formula is C34H34FeN4O5. The molecule has 4 atom stereocenters. The third-order valence-corrected chi connectivity index (χ3v) is 9.36. The molecule has 9 nitrogen and oxygen atoms in total. The summed E-state index contributed by atoms with van der Waals surface area (Å²) in [6, 6.07) is 0. The topological polar surface area (TPSA) is 140 Å². The van der Waals surface area contributed by atoms with E-state index < -0.39 is 23.1 Å². The zero-order valence-corrected chi connectivity index (χ0v) is 26.2. The Kier molecular flexibility index (Phi) is 7.99. The number of hydrogen-bond donors (Lipinski definition) is 2. The van der Waals surface area contributed by atoms with E-state index in [-0.39, 0.29) is 54.6 Å². The van der Waals surface area contributed by atoms with Gasteiger partial charge in [-0.1, -0.05) is 66.7 Å². The summed E-state index contributed by atoms with van der Waals surface area (Å²) in [5.74, 6) is -1.65. The Morgan fingerprint density at radius 1 is 1.07 bits per heavy atom. The number of fused-ring (bicyclic) bond motifs is 9. The maximum absolute atomic E-state index is 12.5. The Morgan fingerprint density at radius 3 is 2.43 bits per heavy atom. The predicted octanol–water partition coefficient (Wildman–Crippen LogP) is 6.88. The minimum absolute atomic E-state index is 0. The SMILES string of the molecule is C=Cc1c2[n-]c(c1C)/C=C1\[N-]C(=C(C)C1C=C)/C=C1\[N-]C(=C(CCC(=O)O)C1C)/C=C1\[N-]/C(=C\2)C(C)(O)C12CCC(=O)O2.[Fe+4]. The van der Waals surface area contributed by atoms with Crippen molar-refractivity contribution in [2.45, 2.75) is 64.6 Å². The number of esters is 1. The van der Waals surface area contributed by atoms with Gasteiger partial charge in [0.05, 0.1) is 0 Å². The van der Waals surface area contributed by atoms with Crippen LogP contribution in [0.5, 0.6) is 0 Å². The molecule has 6 heterocycles. The summed E-state index contributed by atoms with van der Waals surface area (Å²) in [7, 11) is 0. The molecule has 1 spiro atoms. The fourth-order valence-corrected chi connectivity index (χ4v) is 6.68. The number of aliphatic carboxylic acids is 1. The van der Waals surface area contributed by atoms with E-state index in [1.165, 1.54) is 0 Å². The normalized spacial score (nSPS) is 33.4. The van der Waals surface area contributed by atoms with Crippen molar-refractivity contribution in [1.82, 2.24) is 4.98 Å². The van der Waals surface area contributed by atoms with Crippen LogP contribution in [0.4, 0.5) is 0 Å². The summed E-state index contributed by atoms with van der Waals surface area (Å²) in [5, 5.41) is 36.3. The minimum Gasteiger partial charge on any atom is -0.661 e. The van der Waals surface area contributed by atoms with Crippen LogP contribution in [0.2, 0.25) is 0 Å². The Labute approximate surface area is 267 Å². The number of carboxylic acids is 1. The molecule has 5 aliphatic rings. The maximum Gasteiger partial charge on any atom is 4.00 e. The summed E-state index contributed by atoms with van der Waals surface area (Å²) in [4.78, 5) is 29.0. The molecule has 4 unspecified atom stereocenters. The van der Waals surface area contributed by atoms with E-state index in [2.05, 4.69) is 13.2 Å². The molecule has 0 radical (unpaired) electrons. The van der Waals surface area contributed by atoms with Crippen molar-refractivity contribution in [3.8, 4) is 0 Å². The number of aliphatic hydroxyl groups is 1. The van der Waals surface area contributed by atoms with Gasteiger partial charge in [-0.3, -0.25) is 9.59 Å². The molecule has 10 heteroatoms. The van der Waals surface area contributed by atoms with E-state index in [0.717, 1.165) is 45.1 Å². The van der Waals surface area contributed by atoms with Crippen LogP contribution < -0.4 is 4.98 Å². The van der Waals surface area contributed by atoms with Crippen molar-refractivity contribution in [1.29, 1.82) is 0 Å². The quantitative estimate of drug-likeness (QED) is 0.206. The molecule has 0 amide bonds. The second-order valence-corrected chi connectivity index (χ2v) is 11.8. The predicted molar refractivity (Wildman–Crippen MR) is 165 cm³/mol. The first-order chi connectivity index (χ1) is 20.4. The Bertz CT molecular complexity index is 1680. The summed E-state index contributed by atoms with van der Waals surface area (Å²) in [5.41, 5.74) is 5.27. The molecule has 1 aromatic rings. The second-order valence-electron chi connectivity index (χ2n) is 11.8. The van der Waals surface area contributed by atoms with Crippen molar-refractivity contribution in [3.05, 3.63) is 115 Å². The molecule has 1 aromatic heterocycles. The number of nitrogens with zero attached hydrogens (tertiary/aromatic N) is 4. The molecule has 5 aliphatic heterocycles. The average molecular weight is 635 g/mol. The van der Waals surface area contributed by atoms with Gasteiger partial charge in [0.2, 0.25) is 0 Å². The van der Waals surface area contributed by atoms with Crippen molar-refractivity contribution in [2.75, 3.05) is 0 Å². The Balaban J connectivity index is 0.00000384. The number of carbonyl (C=O) groups is 2. The van der Waals surface area contributed by atoms with Crippen LogP contribution in [0.15, 0.2) is 76.7 Å². The fraction of sp³-hybridized carbons (Fsp3) is 0.353. The van der Waals surface area contributed by atoms with Crippen LogP contribution in [0, 0.1) is 18.8 Å². The second kappa shape index (κ2) is 11.2. The third kappa shape index (κ3) is 4.72. The van der Waals surface area contributed by atoms with Crippen LogP contribution >= 0.6 is 0 Å². The summed E-state index contributed by atoms with van der Waals surface area (Å²) >= 11 is 0. The molecule has 0 aliphatic carbocycles. The molecule has 2 saturated heterocycles. The van der Waals surface area contributed by atoms with Crippen LogP contribution in [-0.2, 0) is 31.4 Å². The molecule has 2 fully saturated rings. The van der Waals surface area contributed by atoms with E-state index in [4.69, 9.17) is 25.7 Å².